The van der Waals surface area contributed by atoms with Crippen LogP contribution in [0.2, 0.25) is 0 Å². The molecular weight excluding hydrogens is 268 g/mol. The number of benzene rings is 1. The van der Waals surface area contributed by atoms with Gasteiger partial charge in [-0.25, -0.2) is 4.85 Å². The highest BCUT2D eigenvalue weighted by atomic mass is 79.9. The molecule has 2 aromatic rings. The first-order valence-electron chi connectivity index (χ1n) is 4.54. The predicted octanol–water partition coefficient (Wildman–Crippen LogP) is 4.19. The number of hydrogen-bond acceptors (Lipinski definition) is 2. The van der Waals surface area contributed by atoms with Crippen molar-refractivity contribution in [3.05, 3.63) is 58.6 Å². The van der Waals surface area contributed by atoms with Gasteiger partial charge in [0.25, 0.3) is 0 Å². The molecule has 0 aliphatic heterocycles. The Labute approximate surface area is 102 Å². The van der Waals surface area contributed by atoms with Crippen molar-refractivity contribution in [2.75, 3.05) is 0 Å². The molecule has 0 atom stereocenters. The van der Waals surface area contributed by atoms with Crippen LogP contribution in [0.1, 0.15) is 0 Å². The van der Waals surface area contributed by atoms with Crippen LogP contribution in [0.5, 0.6) is 11.5 Å². The third-order valence-corrected chi connectivity index (χ3v) is 2.30. The maximum absolute atomic E-state index is 6.90. The van der Waals surface area contributed by atoms with E-state index in [0.29, 0.717) is 17.2 Å². The molecule has 0 unspecified atom stereocenters. The van der Waals surface area contributed by atoms with Crippen LogP contribution in [0.15, 0.2) is 47.2 Å². The average Bonchev–Trinajstić information content (AvgIpc) is 2.29. The monoisotopic (exact) mass is 274 g/mol. The smallest absolute Gasteiger partial charge is 0.190 e. The lowest BCUT2D eigenvalue weighted by Crippen LogP contribution is -1.84. The Hall–Kier alpha value is -1.86. The summed E-state index contributed by atoms with van der Waals surface area (Å²) in [6.07, 6.45) is 3.30. The van der Waals surface area contributed by atoms with Crippen molar-refractivity contribution in [3.63, 3.8) is 0 Å². The standard InChI is InChI=1S/C12H7BrN2O/c1-14-10-3-2-4-11(6-10)16-12-5-9(13)7-15-8-12/h2-8H. The van der Waals surface area contributed by atoms with Gasteiger partial charge in [0.05, 0.1) is 12.8 Å². The van der Waals surface area contributed by atoms with E-state index in [4.69, 9.17) is 11.3 Å². The Morgan fingerprint density at radius 1 is 1.19 bits per heavy atom. The molecule has 2 rings (SSSR count). The zero-order chi connectivity index (χ0) is 11.4. The second-order valence-electron chi connectivity index (χ2n) is 3.05. The summed E-state index contributed by atoms with van der Waals surface area (Å²) < 4.78 is 6.42. The topological polar surface area (TPSA) is 26.5 Å². The first kappa shape index (κ1) is 10.7. The van der Waals surface area contributed by atoms with Crippen LogP contribution in [0, 0.1) is 6.57 Å². The van der Waals surface area contributed by atoms with Crippen molar-refractivity contribution in [1.29, 1.82) is 0 Å². The summed E-state index contributed by atoms with van der Waals surface area (Å²) >= 11 is 3.31. The van der Waals surface area contributed by atoms with E-state index >= 15 is 0 Å². The van der Waals surface area contributed by atoms with E-state index in [0.717, 1.165) is 4.47 Å². The summed E-state index contributed by atoms with van der Waals surface area (Å²) in [5, 5.41) is 0. The highest BCUT2D eigenvalue weighted by Crippen LogP contribution is 2.26. The van der Waals surface area contributed by atoms with Crippen LogP contribution in [-0.2, 0) is 0 Å². The second-order valence-corrected chi connectivity index (χ2v) is 3.97. The van der Waals surface area contributed by atoms with Gasteiger partial charge in [0.1, 0.15) is 11.5 Å². The largest absolute Gasteiger partial charge is 0.457 e. The van der Waals surface area contributed by atoms with Gasteiger partial charge < -0.3 is 4.74 Å². The molecule has 78 valence electrons. The number of halogens is 1. The van der Waals surface area contributed by atoms with Gasteiger partial charge in [-0.15, -0.1) is 0 Å². The molecule has 0 amide bonds. The van der Waals surface area contributed by atoms with E-state index in [-0.39, 0.29) is 0 Å². The van der Waals surface area contributed by atoms with E-state index < -0.39 is 0 Å². The van der Waals surface area contributed by atoms with Gasteiger partial charge in [0.2, 0.25) is 0 Å². The van der Waals surface area contributed by atoms with Crippen molar-refractivity contribution in [2.24, 2.45) is 0 Å². The first-order valence-corrected chi connectivity index (χ1v) is 5.33. The molecular formula is C12H7BrN2O. The summed E-state index contributed by atoms with van der Waals surface area (Å²) in [6.45, 7) is 6.90. The van der Waals surface area contributed by atoms with Gasteiger partial charge in [-0.1, -0.05) is 12.1 Å². The van der Waals surface area contributed by atoms with E-state index in [1.165, 1.54) is 0 Å². The average molecular weight is 275 g/mol. The lowest BCUT2D eigenvalue weighted by atomic mass is 10.3. The Bertz CT molecular complexity index is 549. The van der Waals surface area contributed by atoms with Gasteiger partial charge in [0, 0.05) is 10.7 Å². The van der Waals surface area contributed by atoms with Gasteiger partial charge in [-0.2, -0.15) is 0 Å². The zero-order valence-corrected chi connectivity index (χ0v) is 9.81. The van der Waals surface area contributed by atoms with Gasteiger partial charge in [0.15, 0.2) is 5.69 Å². The number of aromatic nitrogens is 1. The van der Waals surface area contributed by atoms with Gasteiger partial charge in [-0.05, 0) is 34.1 Å². The fourth-order valence-corrected chi connectivity index (χ4v) is 1.54. The summed E-state index contributed by atoms with van der Waals surface area (Å²) in [4.78, 5) is 7.33. The normalized spacial score (nSPS) is 9.50. The molecule has 0 spiro atoms. The maximum Gasteiger partial charge on any atom is 0.190 e. The number of ether oxygens (including phenoxy) is 1. The van der Waals surface area contributed by atoms with Crippen LogP contribution in [0.4, 0.5) is 5.69 Å². The quantitative estimate of drug-likeness (QED) is 0.768. The van der Waals surface area contributed by atoms with E-state index in [1.807, 2.05) is 6.07 Å². The van der Waals surface area contributed by atoms with Gasteiger partial charge in [-0.3, -0.25) is 4.98 Å². The summed E-state index contributed by atoms with van der Waals surface area (Å²) in [6, 6.07) is 8.83. The third kappa shape index (κ3) is 2.59. The molecule has 0 saturated carbocycles. The van der Waals surface area contributed by atoms with Gasteiger partial charge >= 0.3 is 0 Å². The van der Waals surface area contributed by atoms with Crippen LogP contribution in [0.25, 0.3) is 4.85 Å². The maximum atomic E-state index is 6.90. The summed E-state index contributed by atoms with van der Waals surface area (Å²) in [5.41, 5.74) is 0.556. The first-order chi connectivity index (χ1) is 7.78. The number of nitrogens with zero attached hydrogens (tertiary/aromatic N) is 2. The molecule has 1 aromatic carbocycles. The fraction of sp³-hybridized carbons (Fsp3) is 0. The van der Waals surface area contributed by atoms with Crippen LogP contribution in [-0.4, -0.2) is 4.98 Å². The summed E-state index contributed by atoms with van der Waals surface area (Å²) in [5.74, 6) is 1.27. The number of rotatable bonds is 2. The van der Waals surface area contributed by atoms with Crippen molar-refractivity contribution in [3.8, 4) is 11.5 Å². The molecule has 0 saturated heterocycles. The lowest BCUT2D eigenvalue weighted by molar-refractivity contribution is 0.480. The van der Waals surface area contributed by atoms with Crippen molar-refractivity contribution in [1.82, 2.24) is 4.98 Å². The number of pyridine rings is 1. The molecule has 0 bridgehead atoms. The molecule has 0 fully saturated rings. The molecule has 4 heteroatoms. The highest BCUT2D eigenvalue weighted by Gasteiger charge is 1.99. The zero-order valence-electron chi connectivity index (χ0n) is 8.22. The minimum absolute atomic E-state index is 0.556. The molecule has 1 aromatic heterocycles. The lowest BCUT2D eigenvalue weighted by Gasteiger charge is -2.05. The molecule has 3 nitrogen and oxygen atoms in total. The van der Waals surface area contributed by atoms with Crippen LogP contribution >= 0.6 is 15.9 Å². The molecule has 0 aliphatic rings. The molecule has 0 radical (unpaired) electrons. The Kier molecular flexibility index (Phi) is 3.18. The minimum atomic E-state index is 0.556. The van der Waals surface area contributed by atoms with Crippen LogP contribution in [0.3, 0.4) is 0 Å². The Morgan fingerprint density at radius 2 is 2.06 bits per heavy atom. The van der Waals surface area contributed by atoms with Crippen molar-refractivity contribution >= 4 is 21.6 Å². The second kappa shape index (κ2) is 4.77. The molecule has 0 N–H and O–H groups in total. The minimum Gasteiger partial charge on any atom is -0.457 e. The SMILES string of the molecule is [C-]#[N+]c1cccc(Oc2cncc(Br)c2)c1. The number of hydrogen-bond donors (Lipinski definition) is 0. The molecule has 16 heavy (non-hydrogen) atoms. The molecule has 0 aliphatic carbocycles. The Morgan fingerprint density at radius 3 is 2.81 bits per heavy atom. The van der Waals surface area contributed by atoms with E-state index in [9.17, 15) is 0 Å². The van der Waals surface area contributed by atoms with Crippen molar-refractivity contribution in [2.45, 2.75) is 0 Å². The summed E-state index contributed by atoms with van der Waals surface area (Å²) in [7, 11) is 0. The van der Waals surface area contributed by atoms with Crippen molar-refractivity contribution < 1.29 is 4.74 Å². The Balaban J connectivity index is 2.24. The van der Waals surface area contributed by atoms with Crippen LogP contribution < -0.4 is 4.74 Å². The third-order valence-electron chi connectivity index (χ3n) is 1.86. The fourth-order valence-electron chi connectivity index (χ4n) is 1.20. The predicted molar refractivity (Wildman–Crippen MR) is 64.7 cm³/mol. The van der Waals surface area contributed by atoms with E-state index in [1.54, 1.807) is 36.7 Å². The van der Waals surface area contributed by atoms with E-state index in [2.05, 4.69) is 25.8 Å². The highest BCUT2D eigenvalue weighted by molar-refractivity contribution is 9.10. The molecule has 1 heterocycles.